The lowest BCUT2D eigenvalue weighted by molar-refractivity contribution is -0.136. The van der Waals surface area contributed by atoms with Crippen molar-refractivity contribution in [2.24, 2.45) is 11.8 Å². The van der Waals surface area contributed by atoms with E-state index in [0.717, 1.165) is 39.3 Å². The predicted octanol–water partition coefficient (Wildman–Crippen LogP) is 1.92. The zero-order valence-electron chi connectivity index (χ0n) is 13.4. The zero-order valence-corrected chi connectivity index (χ0v) is 14.2. The van der Waals surface area contributed by atoms with Crippen LogP contribution in [0.3, 0.4) is 0 Å². The predicted molar refractivity (Wildman–Crippen MR) is 92.7 cm³/mol. The van der Waals surface area contributed by atoms with Gasteiger partial charge in [-0.2, -0.15) is 0 Å². The molecule has 2 saturated heterocycles. The molecule has 2 aliphatic heterocycles. The highest BCUT2D eigenvalue weighted by atomic mass is 35.5. The molecular formula is C17H26ClN3O. The number of aryl methyl sites for hydroxylation is 1. The van der Waals surface area contributed by atoms with Crippen molar-refractivity contribution in [1.82, 2.24) is 10.2 Å². The fourth-order valence-corrected chi connectivity index (χ4v) is 3.38. The molecule has 22 heavy (non-hydrogen) atoms. The molecule has 0 aliphatic carbocycles. The Kier molecular flexibility index (Phi) is 5.70. The Hall–Kier alpha value is -1.26. The lowest BCUT2D eigenvalue weighted by Crippen LogP contribution is -2.51. The van der Waals surface area contributed by atoms with E-state index in [1.807, 2.05) is 0 Å². The van der Waals surface area contributed by atoms with Crippen LogP contribution < -0.4 is 10.2 Å². The second kappa shape index (κ2) is 7.34. The van der Waals surface area contributed by atoms with Crippen LogP contribution >= 0.6 is 12.4 Å². The van der Waals surface area contributed by atoms with Gasteiger partial charge in [0.25, 0.3) is 0 Å². The molecule has 5 heteroatoms. The number of piperazine rings is 1. The van der Waals surface area contributed by atoms with Gasteiger partial charge in [-0.15, -0.1) is 12.4 Å². The average Bonchev–Trinajstić information content (AvgIpc) is 2.93. The first-order valence-electron chi connectivity index (χ1n) is 7.96. The standard InChI is InChI=1S/C17H25N3O.ClH/c1-13-4-3-5-15(10-13)19-6-8-20(9-7-19)17(21)16-12-18-11-14(16)2;/h3-5,10,14,16,18H,6-9,11-12H2,1-2H3;1H/t14-,16-;/m1./s1. The molecule has 2 heterocycles. The summed E-state index contributed by atoms with van der Waals surface area (Å²) in [6.45, 7) is 9.67. The van der Waals surface area contributed by atoms with Gasteiger partial charge in [0.05, 0.1) is 5.92 Å². The van der Waals surface area contributed by atoms with E-state index in [9.17, 15) is 4.79 Å². The number of nitrogens with zero attached hydrogens (tertiary/aromatic N) is 2. The monoisotopic (exact) mass is 323 g/mol. The van der Waals surface area contributed by atoms with Crippen LogP contribution in [0.15, 0.2) is 24.3 Å². The molecule has 0 saturated carbocycles. The van der Waals surface area contributed by atoms with Crippen molar-refractivity contribution in [1.29, 1.82) is 0 Å². The Labute approximate surface area is 139 Å². The second-order valence-electron chi connectivity index (χ2n) is 6.39. The van der Waals surface area contributed by atoms with Crippen LogP contribution in [0.2, 0.25) is 0 Å². The minimum Gasteiger partial charge on any atom is -0.368 e. The van der Waals surface area contributed by atoms with Crippen molar-refractivity contribution in [3.8, 4) is 0 Å². The number of anilines is 1. The summed E-state index contributed by atoms with van der Waals surface area (Å²) in [5, 5.41) is 3.33. The third-order valence-electron chi connectivity index (χ3n) is 4.79. The molecule has 1 N–H and O–H groups in total. The molecule has 0 bridgehead atoms. The Morgan fingerprint density at radius 2 is 1.91 bits per heavy atom. The highest BCUT2D eigenvalue weighted by molar-refractivity contribution is 5.85. The molecule has 0 aromatic heterocycles. The van der Waals surface area contributed by atoms with Crippen LogP contribution in [0.5, 0.6) is 0 Å². The summed E-state index contributed by atoms with van der Waals surface area (Å²) in [5.74, 6) is 0.985. The summed E-state index contributed by atoms with van der Waals surface area (Å²) in [6, 6.07) is 8.61. The van der Waals surface area contributed by atoms with Crippen LogP contribution in [0.4, 0.5) is 5.69 Å². The first-order chi connectivity index (χ1) is 10.1. The number of halogens is 1. The Bertz CT molecular complexity index is 514. The van der Waals surface area contributed by atoms with Crippen LogP contribution in [-0.2, 0) is 4.79 Å². The molecule has 3 rings (SSSR count). The lowest BCUT2D eigenvalue weighted by Gasteiger charge is -2.37. The molecule has 122 valence electrons. The number of amides is 1. The summed E-state index contributed by atoms with van der Waals surface area (Å²) >= 11 is 0. The second-order valence-corrected chi connectivity index (χ2v) is 6.39. The van der Waals surface area contributed by atoms with E-state index in [1.54, 1.807) is 0 Å². The van der Waals surface area contributed by atoms with Crippen LogP contribution in [0.1, 0.15) is 12.5 Å². The summed E-state index contributed by atoms with van der Waals surface area (Å²) in [7, 11) is 0. The molecule has 0 unspecified atom stereocenters. The fraction of sp³-hybridized carbons (Fsp3) is 0.588. The maximum Gasteiger partial charge on any atom is 0.227 e. The van der Waals surface area contributed by atoms with Crippen molar-refractivity contribution in [3.63, 3.8) is 0 Å². The number of carbonyl (C=O) groups is 1. The van der Waals surface area contributed by atoms with Crippen LogP contribution in [0.25, 0.3) is 0 Å². The van der Waals surface area contributed by atoms with Crippen LogP contribution in [0, 0.1) is 18.8 Å². The quantitative estimate of drug-likeness (QED) is 0.903. The van der Waals surface area contributed by atoms with Gasteiger partial charge in [0.2, 0.25) is 5.91 Å². The highest BCUT2D eigenvalue weighted by Gasteiger charge is 2.33. The van der Waals surface area contributed by atoms with E-state index in [-0.39, 0.29) is 18.3 Å². The summed E-state index contributed by atoms with van der Waals surface area (Å²) in [6.07, 6.45) is 0. The molecular weight excluding hydrogens is 298 g/mol. The van der Waals surface area contributed by atoms with Gasteiger partial charge in [-0.3, -0.25) is 4.79 Å². The smallest absolute Gasteiger partial charge is 0.227 e. The molecule has 2 atom stereocenters. The maximum atomic E-state index is 12.6. The van der Waals surface area contributed by atoms with Crippen LogP contribution in [-0.4, -0.2) is 50.1 Å². The van der Waals surface area contributed by atoms with Gasteiger partial charge in [0.15, 0.2) is 0 Å². The number of carbonyl (C=O) groups excluding carboxylic acids is 1. The molecule has 1 aromatic rings. The Morgan fingerprint density at radius 3 is 2.50 bits per heavy atom. The fourth-order valence-electron chi connectivity index (χ4n) is 3.38. The number of nitrogens with one attached hydrogen (secondary N) is 1. The highest BCUT2D eigenvalue weighted by Crippen LogP contribution is 2.22. The van der Waals surface area contributed by atoms with Gasteiger partial charge in [-0.25, -0.2) is 0 Å². The summed E-state index contributed by atoms with van der Waals surface area (Å²) < 4.78 is 0. The van der Waals surface area contributed by atoms with E-state index >= 15 is 0 Å². The first kappa shape index (κ1) is 17.1. The largest absolute Gasteiger partial charge is 0.368 e. The molecule has 0 radical (unpaired) electrons. The number of hydrogen-bond donors (Lipinski definition) is 1. The van der Waals surface area contributed by atoms with E-state index in [4.69, 9.17) is 0 Å². The number of benzene rings is 1. The molecule has 1 aromatic carbocycles. The Morgan fingerprint density at radius 1 is 1.18 bits per heavy atom. The lowest BCUT2D eigenvalue weighted by atomic mass is 9.96. The zero-order chi connectivity index (χ0) is 14.8. The van der Waals surface area contributed by atoms with Crippen molar-refractivity contribution in [2.75, 3.05) is 44.2 Å². The van der Waals surface area contributed by atoms with E-state index in [1.165, 1.54) is 11.3 Å². The Balaban J connectivity index is 0.00000176. The van der Waals surface area contributed by atoms with Gasteiger partial charge < -0.3 is 15.1 Å². The van der Waals surface area contributed by atoms with Gasteiger partial charge >= 0.3 is 0 Å². The molecule has 2 fully saturated rings. The van der Waals surface area contributed by atoms with Crippen molar-refractivity contribution in [2.45, 2.75) is 13.8 Å². The van der Waals surface area contributed by atoms with Crippen molar-refractivity contribution >= 4 is 24.0 Å². The molecule has 4 nitrogen and oxygen atoms in total. The van der Waals surface area contributed by atoms with Gasteiger partial charge in [-0.05, 0) is 37.1 Å². The van der Waals surface area contributed by atoms with Gasteiger partial charge in [-0.1, -0.05) is 19.1 Å². The van der Waals surface area contributed by atoms with E-state index in [0.29, 0.717) is 11.8 Å². The SMILES string of the molecule is Cc1cccc(N2CCN(C(=O)[C@@H]3CNC[C@H]3C)CC2)c1.Cl. The minimum atomic E-state index is 0. The topological polar surface area (TPSA) is 35.6 Å². The number of hydrogen-bond acceptors (Lipinski definition) is 3. The minimum absolute atomic E-state index is 0. The van der Waals surface area contributed by atoms with Crippen molar-refractivity contribution < 1.29 is 4.79 Å². The molecule has 0 spiro atoms. The summed E-state index contributed by atoms with van der Waals surface area (Å²) in [5.41, 5.74) is 2.56. The van der Waals surface area contributed by atoms with E-state index < -0.39 is 0 Å². The third kappa shape index (κ3) is 3.55. The van der Waals surface area contributed by atoms with Gasteiger partial charge in [0.1, 0.15) is 0 Å². The molecule has 1 amide bonds. The van der Waals surface area contributed by atoms with Gasteiger partial charge in [0, 0.05) is 38.4 Å². The summed E-state index contributed by atoms with van der Waals surface area (Å²) in [4.78, 5) is 17.0. The molecule has 2 aliphatic rings. The third-order valence-corrected chi connectivity index (χ3v) is 4.79. The van der Waals surface area contributed by atoms with E-state index in [2.05, 4.69) is 53.2 Å². The van der Waals surface area contributed by atoms with Crippen molar-refractivity contribution in [3.05, 3.63) is 29.8 Å². The normalized spacial score (nSPS) is 25.0. The number of rotatable bonds is 2. The maximum absolute atomic E-state index is 12.6. The first-order valence-corrected chi connectivity index (χ1v) is 7.96. The average molecular weight is 324 g/mol.